The van der Waals surface area contributed by atoms with Crippen molar-refractivity contribution < 1.29 is 18.0 Å². The highest BCUT2D eigenvalue weighted by Gasteiger charge is 2.36. The van der Waals surface area contributed by atoms with Gasteiger partial charge in [-0.2, -0.15) is 0 Å². The predicted octanol–water partition coefficient (Wildman–Crippen LogP) is 1.26. The number of carbonyl (C=O) groups is 2. The molecule has 1 aromatic carbocycles. The molecule has 2 N–H and O–H groups in total. The molecule has 8 heteroatoms. The molecule has 2 amide bonds. The van der Waals surface area contributed by atoms with Gasteiger partial charge in [-0.1, -0.05) is 19.1 Å². The maximum absolute atomic E-state index is 13.1. The van der Waals surface area contributed by atoms with Crippen LogP contribution in [0.2, 0.25) is 0 Å². The van der Waals surface area contributed by atoms with Crippen LogP contribution in [0.15, 0.2) is 24.3 Å². The number of likely N-dealkylation sites (tertiary alicyclic amines) is 1. The molecule has 0 saturated carbocycles. The molecule has 1 aliphatic rings. The summed E-state index contributed by atoms with van der Waals surface area (Å²) in [6, 6.07) is 6.30. The summed E-state index contributed by atoms with van der Waals surface area (Å²) in [5.41, 5.74) is 6.74. The van der Waals surface area contributed by atoms with Gasteiger partial charge in [0.15, 0.2) is 0 Å². The van der Waals surface area contributed by atoms with Gasteiger partial charge in [-0.05, 0) is 43.9 Å². The highest BCUT2D eigenvalue weighted by Crippen LogP contribution is 2.26. The van der Waals surface area contributed by atoms with Crippen LogP contribution in [-0.2, 0) is 19.6 Å². The molecule has 0 spiro atoms. The quantitative estimate of drug-likeness (QED) is 0.802. The number of piperidine rings is 1. The van der Waals surface area contributed by atoms with E-state index < -0.39 is 16.1 Å². The second kappa shape index (κ2) is 8.07. The molecule has 1 heterocycles. The van der Waals surface area contributed by atoms with E-state index in [0.717, 1.165) is 11.8 Å². The van der Waals surface area contributed by atoms with E-state index in [1.165, 1.54) is 4.31 Å². The number of benzene rings is 1. The molecule has 2 rings (SSSR count). The largest absolute Gasteiger partial charge is 0.369 e. The summed E-state index contributed by atoms with van der Waals surface area (Å²) in [5.74, 6) is -0.800. The van der Waals surface area contributed by atoms with Crippen LogP contribution < -0.4 is 10.0 Å². The third kappa shape index (κ3) is 4.55. The summed E-state index contributed by atoms with van der Waals surface area (Å²) in [6.45, 7) is 4.50. The first-order valence-corrected chi connectivity index (χ1v) is 10.6. The summed E-state index contributed by atoms with van der Waals surface area (Å²) in [7, 11) is -3.64. The van der Waals surface area contributed by atoms with Gasteiger partial charge in [0.1, 0.15) is 6.04 Å². The fourth-order valence-electron chi connectivity index (χ4n) is 3.40. The molecule has 1 aliphatic heterocycles. The van der Waals surface area contributed by atoms with E-state index >= 15 is 0 Å². The first-order valence-electron chi connectivity index (χ1n) is 8.79. The Morgan fingerprint density at radius 1 is 1.31 bits per heavy atom. The van der Waals surface area contributed by atoms with E-state index in [4.69, 9.17) is 5.73 Å². The van der Waals surface area contributed by atoms with Crippen molar-refractivity contribution in [3.8, 4) is 0 Å². The standard InChI is InChI=1S/C18H27N3O4S/c1-4-16(18(23)20-10-8-14(9-11-20)17(19)22)21(26(3,24)25)15-7-5-6-13(2)12-15/h5-7,12,14,16H,4,8-11H2,1-3H3,(H2,19,22). The van der Waals surface area contributed by atoms with Crippen molar-refractivity contribution in [2.24, 2.45) is 11.7 Å². The minimum atomic E-state index is -3.64. The maximum Gasteiger partial charge on any atom is 0.246 e. The number of primary amides is 1. The molecule has 0 bridgehead atoms. The van der Waals surface area contributed by atoms with Crippen molar-refractivity contribution in [3.63, 3.8) is 0 Å². The Labute approximate surface area is 155 Å². The van der Waals surface area contributed by atoms with E-state index in [0.29, 0.717) is 38.0 Å². The third-order valence-electron chi connectivity index (χ3n) is 4.78. The first kappa shape index (κ1) is 20.2. The molecule has 1 atom stereocenters. The Balaban J connectivity index is 2.28. The Morgan fingerprint density at radius 2 is 1.92 bits per heavy atom. The molecule has 1 fully saturated rings. The van der Waals surface area contributed by atoms with Crippen LogP contribution >= 0.6 is 0 Å². The molecular formula is C18H27N3O4S. The van der Waals surface area contributed by atoms with Crippen LogP contribution in [0.1, 0.15) is 31.7 Å². The smallest absolute Gasteiger partial charge is 0.246 e. The summed E-state index contributed by atoms with van der Waals surface area (Å²) in [5, 5.41) is 0. The molecule has 0 radical (unpaired) electrons. The number of carbonyl (C=O) groups excluding carboxylic acids is 2. The van der Waals surface area contributed by atoms with Crippen molar-refractivity contribution in [2.45, 2.75) is 39.2 Å². The van der Waals surface area contributed by atoms with E-state index in [1.807, 2.05) is 13.0 Å². The van der Waals surface area contributed by atoms with Gasteiger partial charge in [0.05, 0.1) is 11.9 Å². The number of aryl methyl sites for hydroxylation is 1. The fraction of sp³-hybridized carbons (Fsp3) is 0.556. The molecule has 7 nitrogen and oxygen atoms in total. The topological polar surface area (TPSA) is 101 Å². The Bertz CT molecular complexity index is 770. The van der Waals surface area contributed by atoms with Crippen molar-refractivity contribution in [1.29, 1.82) is 0 Å². The Kier molecular flexibility index (Phi) is 6.28. The average Bonchev–Trinajstić information content (AvgIpc) is 2.57. The highest BCUT2D eigenvalue weighted by atomic mass is 32.2. The number of amides is 2. The monoisotopic (exact) mass is 381 g/mol. The van der Waals surface area contributed by atoms with Crippen molar-refractivity contribution >= 4 is 27.5 Å². The normalized spacial score (nSPS) is 17.0. The zero-order valence-electron chi connectivity index (χ0n) is 15.5. The van der Waals surface area contributed by atoms with Gasteiger partial charge in [-0.15, -0.1) is 0 Å². The average molecular weight is 381 g/mol. The van der Waals surface area contributed by atoms with Crippen LogP contribution in [0.5, 0.6) is 0 Å². The van der Waals surface area contributed by atoms with E-state index in [9.17, 15) is 18.0 Å². The number of rotatable bonds is 6. The lowest BCUT2D eigenvalue weighted by Crippen LogP contribution is -2.53. The van der Waals surface area contributed by atoms with Gasteiger partial charge in [0, 0.05) is 19.0 Å². The molecular weight excluding hydrogens is 354 g/mol. The molecule has 144 valence electrons. The fourth-order valence-corrected chi connectivity index (χ4v) is 4.60. The number of nitrogens with zero attached hydrogens (tertiary/aromatic N) is 2. The third-order valence-corrected chi connectivity index (χ3v) is 5.96. The number of anilines is 1. The van der Waals surface area contributed by atoms with Gasteiger partial charge in [-0.3, -0.25) is 13.9 Å². The summed E-state index contributed by atoms with van der Waals surface area (Å²) >= 11 is 0. The highest BCUT2D eigenvalue weighted by molar-refractivity contribution is 7.92. The summed E-state index contributed by atoms with van der Waals surface area (Å²) in [6.07, 6.45) is 2.50. The zero-order chi connectivity index (χ0) is 19.5. The van der Waals surface area contributed by atoms with Gasteiger partial charge in [0.2, 0.25) is 21.8 Å². The lowest BCUT2D eigenvalue weighted by Gasteiger charge is -2.37. The molecule has 1 unspecified atom stereocenters. The van der Waals surface area contributed by atoms with Crippen LogP contribution in [0, 0.1) is 12.8 Å². The van der Waals surface area contributed by atoms with Gasteiger partial charge in [-0.25, -0.2) is 8.42 Å². The van der Waals surface area contributed by atoms with Crippen LogP contribution in [0.4, 0.5) is 5.69 Å². The Hall–Kier alpha value is -2.09. The zero-order valence-corrected chi connectivity index (χ0v) is 16.3. The first-order chi connectivity index (χ1) is 12.1. The predicted molar refractivity (Wildman–Crippen MR) is 101 cm³/mol. The number of hydrogen-bond acceptors (Lipinski definition) is 4. The van der Waals surface area contributed by atoms with Crippen molar-refractivity contribution in [3.05, 3.63) is 29.8 Å². The summed E-state index contributed by atoms with van der Waals surface area (Å²) in [4.78, 5) is 26.0. The van der Waals surface area contributed by atoms with E-state index in [2.05, 4.69) is 0 Å². The minimum Gasteiger partial charge on any atom is -0.369 e. The van der Waals surface area contributed by atoms with Crippen LogP contribution in [0.3, 0.4) is 0 Å². The van der Waals surface area contributed by atoms with Crippen LogP contribution in [0.25, 0.3) is 0 Å². The lowest BCUT2D eigenvalue weighted by atomic mass is 9.95. The van der Waals surface area contributed by atoms with E-state index in [-0.39, 0.29) is 17.7 Å². The molecule has 1 aromatic rings. The number of hydrogen-bond donors (Lipinski definition) is 1. The molecule has 0 aromatic heterocycles. The minimum absolute atomic E-state index is 0.220. The number of nitrogens with two attached hydrogens (primary N) is 1. The molecule has 1 saturated heterocycles. The second-order valence-corrected chi connectivity index (χ2v) is 8.68. The van der Waals surface area contributed by atoms with Gasteiger partial charge in [0.25, 0.3) is 0 Å². The van der Waals surface area contributed by atoms with E-state index in [1.54, 1.807) is 30.0 Å². The SMILES string of the molecule is CCC(C(=O)N1CCC(C(N)=O)CC1)N(c1cccc(C)c1)S(C)(=O)=O. The Morgan fingerprint density at radius 3 is 2.38 bits per heavy atom. The summed E-state index contributed by atoms with van der Waals surface area (Å²) < 4.78 is 26.1. The lowest BCUT2D eigenvalue weighted by molar-refractivity contribution is -0.135. The maximum atomic E-state index is 13.1. The van der Waals surface area contributed by atoms with Crippen molar-refractivity contribution in [1.82, 2.24) is 4.90 Å². The van der Waals surface area contributed by atoms with Gasteiger partial charge < -0.3 is 10.6 Å². The number of sulfonamides is 1. The second-order valence-electron chi connectivity index (χ2n) is 6.82. The van der Waals surface area contributed by atoms with Gasteiger partial charge >= 0.3 is 0 Å². The molecule has 0 aliphatic carbocycles. The van der Waals surface area contributed by atoms with Crippen LogP contribution in [-0.4, -0.2) is 50.5 Å². The van der Waals surface area contributed by atoms with Crippen molar-refractivity contribution in [2.75, 3.05) is 23.7 Å². The molecule has 26 heavy (non-hydrogen) atoms.